The molecule has 0 bridgehead atoms. The van der Waals surface area contributed by atoms with Gasteiger partial charge >= 0.3 is 0 Å². The molecule has 0 radical (unpaired) electrons. The van der Waals surface area contributed by atoms with Crippen molar-refractivity contribution in [3.05, 3.63) is 69.7 Å². The van der Waals surface area contributed by atoms with E-state index in [2.05, 4.69) is 15.4 Å². The summed E-state index contributed by atoms with van der Waals surface area (Å²) < 4.78 is 20.6. The van der Waals surface area contributed by atoms with E-state index in [9.17, 15) is 14.0 Å². The van der Waals surface area contributed by atoms with Crippen LogP contribution in [0.4, 0.5) is 10.1 Å². The summed E-state index contributed by atoms with van der Waals surface area (Å²) >= 11 is 1.33. The normalized spacial score (nSPS) is 10.9. The quantitative estimate of drug-likeness (QED) is 0.492. The molecule has 2 aromatic carbocycles. The smallest absolute Gasteiger partial charge is 0.294 e. The predicted molar refractivity (Wildman–Crippen MR) is 118 cm³/mol. The van der Waals surface area contributed by atoms with Crippen LogP contribution in [0.25, 0.3) is 21.5 Å². The van der Waals surface area contributed by atoms with Crippen LogP contribution in [0.1, 0.15) is 11.9 Å². The lowest BCUT2D eigenvalue weighted by atomic mass is 10.1. The topological polar surface area (TPSA) is 86.1 Å². The number of thiazole rings is 1. The van der Waals surface area contributed by atoms with Crippen LogP contribution in [0, 0.1) is 12.7 Å². The molecule has 0 fully saturated rings. The fourth-order valence-corrected chi connectivity index (χ4v) is 4.06. The van der Waals surface area contributed by atoms with Gasteiger partial charge in [-0.2, -0.15) is 5.10 Å². The van der Waals surface area contributed by atoms with E-state index in [1.54, 1.807) is 43.3 Å². The number of benzene rings is 2. The zero-order chi connectivity index (χ0) is 22.0. The summed E-state index contributed by atoms with van der Waals surface area (Å²) in [5.41, 5.74) is 1.39. The lowest BCUT2D eigenvalue weighted by molar-refractivity contribution is -0.117. The van der Waals surface area contributed by atoms with E-state index in [-0.39, 0.29) is 17.9 Å². The molecule has 158 valence electrons. The number of halogens is 1. The molecule has 0 atom stereocenters. The van der Waals surface area contributed by atoms with E-state index in [1.807, 2.05) is 6.92 Å². The number of hydrogen-bond donors (Lipinski definition) is 1. The third kappa shape index (κ3) is 4.31. The van der Waals surface area contributed by atoms with Gasteiger partial charge in [0.25, 0.3) is 5.56 Å². The molecule has 0 aliphatic carbocycles. The van der Waals surface area contributed by atoms with E-state index in [1.165, 1.54) is 23.5 Å². The first-order valence-electron chi connectivity index (χ1n) is 9.62. The molecule has 2 heterocycles. The number of carbonyl (C=O) groups is 1. The van der Waals surface area contributed by atoms with Crippen LogP contribution in [0.2, 0.25) is 0 Å². The van der Waals surface area contributed by atoms with Crippen molar-refractivity contribution in [3.8, 4) is 17.0 Å². The number of aryl methyl sites for hydroxylation is 1. The molecular weight excluding hydrogens is 419 g/mol. The second kappa shape index (κ2) is 8.65. The summed E-state index contributed by atoms with van der Waals surface area (Å²) in [7, 11) is 0. The molecule has 31 heavy (non-hydrogen) atoms. The van der Waals surface area contributed by atoms with Crippen molar-refractivity contribution < 1.29 is 13.9 Å². The molecule has 0 spiro atoms. The maximum atomic E-state index is 13.4. The molecule has 1 amide bonds. The molecule has 4 rings (SSSR count). The highest BCUT2D eigenvalue weighted by molar-refractivity contribution is 7.19. The Kier molecular flexibility index (Phi) is 5.77. The minimum atomic E-state index is -0.460. The number of rotatable bonds is 6. The number of carbonyl (C=O) groups excluding carboxylic acids is 1. The summed E-state index contributed by atoms with van der Waals surface area (Å²) in [6.07, 6.45) is 0. The molecular formula is C22H19FN4O3S. The highest BCUT2D eigenvalue weighted by atomic mass is 32.1. The Morgan fingerprint density at radius 1 is 1.19 bits per heavy atom. The van der Waals surface area contributed by atoms with Crippen LogP contribution in [0.15, 0.2) is 53.3 Å². The first kappa shape index (κ1) is 20.7. The lowest BCUT2D eigenvalue weighted by Gasteiger charge is -2.12. The largest absolute Gasteiger partial charge is 0.492 e. The van der Waals surface area contributed by atoms with Gasteiger partial charge in [0.15, 0.2) is 5.52 Å². The van der Waals surface area contributed by atoms with Crippen LogP contribution in [-0.2, 0) is 11.3 Å². The maximum Gasteiger partial charge on any atom is 0.294 e. The van der Waals surface area contributed by atoms with Gasteiger partial charge in [-0.3, -0.25) is 9.59 Å². The zero-order valence-corrected chi connectivity index (χ0v) is 17.7. The van der Waals surface area contributed by atoms with E-state index in [0.717, 1.165) is 4.68 Å². The van der Waals surface area contributed by atoms with Crippen molar-refractivity contribution in [1.29, 1.82) is 0 Å². The third-order valence-corrected chi connectivity index (χ3v) is 5.46. The van der Waals surface area contributed by atoms with Crippen LogP contribution in [0.5, 0.6) is 5.75 Å². The van der Waals surface area contributed by atoms with Gasteiger partial charge < -0.3 is 10.1 Å². The molecule has 0 saturated carbocycles. The molecule has 2 aromatic heterocycles. The summed E-state index contributed by atoms with van der Waals surface area (Å²) in [6, 6.07) is 12.9. The van der Waals surface area contributed by atoms with E-state index < -0.39 is 11.5 Å². The summed E-state index contributed by atoms with van der Waals surface area (Å²) in [5, 5.41) is 7.87. The third-order valence-electron chi connectivity index (χ3n) is 4.48. The van der Waals surface area contributed by atoms with Gasteiger partial charge in [-0.05, 0) is 50.2 Å². The summed E-state index contributed by atoms with van der Waals surface area (Å²) in [6.45, 7) is 3.79. The van der Waals surface area contributed by atoms with Crippen molar-refractivity contribution >= 4 is 33.1 Å². The molecule has 0 saturated heterocycles. The van der Waals surface area contributed by atoms with E-state index in [0.29, 0.717) is 39.0 Å². The monoisotopic (exact) mass is 438 g/mol. The van der Waals surface area contributed by atoms with Gasteiger partial charge in [0.2, 0.25) is 5.91 Å². The number of anilines is 1. The number of aromatic nitrogens is 3. The molecule has 0 aliphatic rings. The van der Waals surface area contributed by atoms with E-state index in [4.69, 9.17) is 4.74 Å². The summed E-state index contributed by atoms with van der Waals surface area (Å²) in [4.78, 5) is 29.9. The van der Waals surface area contributed by atoms with E-state index >= 15 is 0 Å². The van der Waals surface area contributed by atoms with Crippen molar-refractivity contribution in [2.45, 2.75) is 20.4 Å². The highest BCUT2D eigenvalue weighted by Crippen LogP contribution is 2.29. The Morgan fingerprint density at radius 2 is 1.94 bits per heavy atom. The van der Waals surface area contributed by atoms with Crippen LogP contribution >= 0.6 is 11.3 Å². The number of hydrogen-bond acceptors (Lipinski definition) is 6. The fourth-order valence-electron chi connectivity index (χ4n) is 3.15. The van der Waals surface area contributed by atoms with Crippen molar-refractivity contribution in [2.24, 2.45) is 0 Å². The standard InChI is InChI=1S/C22H19FN4O3S/c1-3-30-17-7-5-4-6-16(17)25-18(28)12-27-22(29)20-21(31-13(2)24-20)19(26-27)14-8-10-15(23)11-9-14/h4-11H,3,12H2,1-2H3,(H,25,28). The predicted octanol–water partition coefficient (Wildman–Crippen LogP) is 4.00. The van der Waals surface area contributed by atoms with Crippen LogP contribution in [0.3, 0.4) is 0 Å². The minimum absolute atomic E-state index is 0.236. The Bertz CT molecular complexity index is 1310. The molecule has 7 nitrogen and oxygen atoms in total. The Labute approximate surface area is 181 Å². The van der Waals surface area contributed by atoms with Crippen molar-refractivity contribution in [1.82, 2.24) is 14.8 Å². The highest BCUT2D eigenvalue weighted by Gasteiger charge is 2.18. The van der Waals surface area contributed by atoms with Gasteiger partial charge in [-0.15, -0.1) is 11.3 Å². The first-order valence-corrected chi connectivity index (χ1v) is 10.4. The summed E-state index contributed by atoms with van der Waals surface area (Å²) in [5.74, 6) is -0.268. The maximum absolute atomic E-state index is 13.4. The number of fused-ring (bicyclic) bond motifs is 1. The molecule has 0 aliphatic heterocycles. The SMILES string of the molecule is CCOc1ccccc1NC(=O)Cn1nc(-c2ccc(F)cc2)c2sc(C)nc2c1=O. The molecule has 4 aromatic rings. The average Bonchev–Trinajstić information content (AvgIpc) is 3.14. The number of ether oxygens (including phenoxy) is 1. The van der Waals surface area contributed by atoms with Crippen LogP contribution < -0.4 is 15.6 Å². The fraction of sp³-hybridized carbons (Fsp3) is 0.182. The van der Waals surface area contributed by atoms with Gasteiger partial charge in [0.1, 0.15) is 23.8 Å². The van der Waals surface area contributed by atoms with Gasteiger partial charge in [0, 0.05) is 5.56 Å². The first-order chi connectivity index (χ1) is 15.0. The Morgan fingerprint density at radius 3 is 2.68 bits per heavy atom. The van der Waals surface area contributed by atoms with Crippen LogP contribution in [-0.4, -0.2) is 27.3 Å². The van der Waals surface area contributed by atoms with Gasteiger partial charge in [-0.1, -0.05) is 12.1 Å². The van der Waals surface area contributed by atoms with Crippen molar-refractivity contribution in [2.75, 3.05) is 11.9 Å². The number of nitrogens with one attached hydrogen (secondary N) is 1. The second-order valence-corrected chi connectivity index (χ2v) is 7.91. The van der Waals surface area contributed by atoms with Gasteiger partial charge in [0.05, 0.1) is 22.0 Å². The number of para-hydroxylation sites is 2. The lowest BCUT2D eigenvalue weighted by Crippen LogP contribution is -2.30. The molecule has 0 unspecified atom stereocenters. The molecule has 1 N–H and O–H groups in total. The molecule has 9 heteroatoms. The van der Waals surface area contributed by atoms with Crippen molar-refractivity contribution in [3.63, 3.8) is 0 Å². The zero-order valence-electron chi connectivity index (χ0n) is 16.9. The Hall–Kier alpha value is -3.59. The second-order valence-electron chi connectivity index (χ2n) is 6.71. The number of amides is 1. The Balaban J connectivity index is 1.71. The average molecular weight is 438 g/mol. The van der Waals surface area contributed by atoms with Gasteiger partial charge in [-0.25, -0.2) is 14.1 Å². The minimum Gasteiger partial charge on any atom is -0.492 e. The number of nitrogens with zero attached hydrogens (tertiary/aromatic N) is 3.